The highest BCUT2D eigenvalue weighted by atomic mass is 32.2. The van der Waals surface area contributed by atoms with Gasteiger partial charge < -0.3 is 10.6 Å². The van der Waals surface area contributed by atoms with Gasteiger partial charge in [0.1, 0.15) is 5.25 Å². The molecule has 0 spiro atoms. The van der Waals surface area contributed by atoms with Crippen LogP contribution in [0.25, 0.3) is 0 Å². The van der Waals surface area contributed by atoms with E-state index in [4.69, 9.17) is 0 Å². The van der Waals surface area contributed by atoms with E-state index in [-0.39, 0.29) is 11.2 Å². The zero-order valence-corrected chi connectivity index (χ0v) is 14.4. The van der Waals surface area contributed by atoms with Crippen LogP contribution in [-0.2, 0) is 4.79 Å². The lowest BCUT2D eigenvalue weighted by Gasteiger charge is -2.19. The third kappa shape index (κ3) is 4.73. The molecule has 124 valence electrons. The predicted molar refractivity (Wildman–Crippen MR) is 100 cm³/mol. The van der Waals surface area contributed by atoms with Gasteiger partial charge >= 0.3 is 0 Å². The lowest BCUT2D eigenvalue weighted by molar-refractivity contribution is -0.120. The first-order valence-electron chi connectivity index (χ1n) is 8.26. The Balaban J connectivity index is 1.71. The molecule has 2 aromatic rings. The average molecular weight is 338 g/mol. The maximum Gasteiger partial charge on any atom is 0.238 e. The molecule has 1 aliphatic heterocycles. The topological polar surface area (TPSA) is 41.1 Å². The number of rotatable bonds is 6. The summed E-state index contributed by atoms with van der Waals surface area (Å²) in [5.74, 6) is 0.0643. The van der Waals surface area contributed by atoms with E-state index in [0.717, 1.165) is 30.0 Å². The van der Waals surface area contributed by atoms with Crippen molar-refractivity contribution in [3.8, 4) is 0 Å². The lowest BCUT2D eigenvalue weighted by atomic mass is 10.1. The molecule has 0 saturated heterocycles. The van der Waals surface area contributed by atoms with Crippen molar-refractivity contribution < 1.29 is 4.79 Å². The fourth-order valence-corrected chi connectivity index (χ4v) is 3.73. The molecule has 3 nitrogen and oxygen atoms in total. The summed E-state index contributed by atoms with van der Waals surface area (Å²) in [6.07, 6.45) is 3.17. The number of benzene rings is 2. The van der Waals surface area contributed by atoms with Gasteiger partial charge in [0.15, 0.2) is 0 Å². The van der Waals surface area contributed by atoms with Crippen molar-refractivity contribution in [3.05, 3.63) is 77.9 Å². The van der Waals surface area contributed by atoms with Gasteiger partial charge in [-0.2, -0.15) is 0 Å². The summed E-state index contributed by atoms with van der Waals surface area (Å²) in [6, 6.07) is 20.1. The Morgan fingerprint density at radius 3 is 2.46 bits per heavy atom. The maximum absolute atomic E-state index is 12.8. The third-order valence-corrected chi connectivity index (χ3v) is 5.25. The van der Waals surface area contributed by atoms with Crippen LogP contribution in [0, 0.1) is 0 Å². The summed E-state index contributed by atoms with van der Waals surface area (Å²) in [6.45, 7) is 2.52. The van der Waals surface area contributed by atoms with Crippen LogP contribution in [0.4, 0.5) is 0 Å². The fraction of sp³-hybridized carbons (Fsp3) is 0.250. The standard InChI is InChI=1S/C20H22N2OS/c23-20(22-15-16-11-13-21-14-12-16)19(17-7-3-1-4-8-17)24-18-9-5-2-6-10-18/h1-11,19,21H,12-15H2,(H,22,23). The van der Waals surface area contributed by atoms with Crippen LogP contribution in [-0.4, -0.2) is 25.5 Å². The number of thioether (sulfide) groups is 1. The lowest BCUT2D eigenvalue weighted by Crippen LogP contribution is -2.32. The quantitative estimate of drug-likeness (QED) is 0.625. The number of amides is 1. The summed E-state index contributed by atoms with van der Waals surface area (Å²) in [4.78, 5) is 13.9. The average Bonchev–Trinajstić information content (AvgIpc) is 2.66. The van der Waals surface area contributed by atoms with E-state index in [1.54, 1.807) is 11.8 Å². The van der Waals surface area contributed by atoms with E-state index in [2.05, 4.69) is 16.7 Å². The van der Waals surface area contributed by atoms with Gasteiger partial charge in [-0.3, -0.25) is 4.79 Å². The summed E-state index contributed by atoms with van der Waals surface area (Å²) in [7, 11) is 0. The van der Waals surface area contributed by atoms with Gasteiger partial charge in [-0.15, -0.1) is 11.8 Å². The van der Waals surface area contributed by atoms with Gasteiger partial charge in [-0.1, -0.05) is 60.2 Å². The minimum absolute atomic E-state index is 0.0643. The number of carbonyl (C=O) groups is 1. The minimum Gasteiger partial charge on any atom is -0.351 e. The zero-order chi connectivity index (χ0) is 16.6. The third-order valence-electron chi connectivity index (χ3n) is 3.99. The Hall–Kier alpha value is -2.04. The van der Waals surface area contributed by atoms with E-state index in [1.807, 2.05) is 60.7 Å². The maximum atomic E-state index is 12.8. The highest BCUT2D eigenvalue weighted by molar-refractivity contribution is 8.00. The molecule has 0 aromatic heterocycles. The second-order valence-corrected chi connectivity index (χ2v) is 6.93. The molecule has 0 aliphatic carbocycles. The Morgan fingerprint density at radius 1 is 1.08 bits per heavy atom. The van der Waals surface area contributed by atoms with Crippen LogP contribution >= 0.6 is 11.8 Å². The number of nitrogens with one attached hydrogen (secondary N) is 2. The zero-order valence-electron chi connectivity index (χ0n) is 13.6. The molecule has 1 atom stereocenters. The molecule has 2 N–H and O–H groups in total. The van der Waals surface area contributed by atoms with Crippen molar-refractivity contribution in [1.82, 2.24) is 10.6 Å². The van der Waals surface area contributed by atoms with Gasteiger partial charge in [-0.25, -0.2) is 0 Å². The molecule has 3 rings (SSSR count). The number of carbonyl (C=O) groups excluding carboxylic acids is 1. The molecule has 0 fully saturated rings. The first-order chi connectivity index (χ1) is 11.8. The van der Waals surface area contributed by atoms with Crippen LogP contribution in [0.2, 0.25) is 0 Å². The number of hydrogen-bond donors (Lipinski definition) is 2. The van der Waals surface area contributed by atoms with Gasteiger partial charge in [0.05, 0.1) is 0 Å². The van der Waals surface area contributed by atoms with Crippen LogP contribution in [0.5, 0.6) is 0 Å². The van der Waals surface area contributed by atoms with E-state index in [1.165, 1.54) is 5.57 Å². The van der Waals surface area contributed by atoms with Crippen LogP contribution in [0.15, 0.2) is 77.2 Å². The molecule has 2 aromatic carbocycles. The van der Waals surface area contributed by atoms with Crippen molar-refractivity contribution in [2.45, 2.75) is 16.6 Å². The molecule has 4 heteroatoms. The molecular weight excluding hydrogens is 316 g/mol. The second-order valence-electron chi connectivity index (χ2n) is 5.76. The summed E-state index contributed by atoms with van der Waals surface area (Å²) >= 11 is 1.59. The molecule has 24 heavy (non-hydrogen) atoms. The molecule has 1 amide bonds. The van der Waals surface area contributed by atoms with Gasteiger partial charge in [-0.05, 0) is 30.7 Å². The Labute approximate surface area is 147 Å². The normalized spacial score (nSPS) is 15.4. The van der Waals surface area contributed by atoms with E-state index < -0.39 is 0 Å². The predicted octanol–water partition coefficient (Wildman–Crippen LogP) is 3.56. The van der Waals surface area contributed by atoms with Crippen molar-refractivity contribution in [2.75, 3.05) is 19.6 Å². The molecule has 0 saturated carbocycles. The minimum atomic E-state index is -0.240. The smallest absolute Gasteiger partial charge is 0.238 e. The highest BCUT2D eigenvalue weighted by Gasteiger charge is 2.22. The molecule has 0 bridgehead atoms. The van der Waals surface area contributed by atoms with E-state index in [9.17, 15) is 4.79 Å². The van der Waals surface area contributed by atoms with Crippen molar-refractivity contribution >= 4 is 17.7 Å². The fourth-order valence-electron chi connectivity index (χ4n) is 2.66. The highest BCUT2D eigenvalue weighted by Crippen LogP contribution is 2.35. The van der Waals surface area contributed by atoms with E-state index >= 15 is 0 Å². The molecule has 1 unspecified atom stereocenters. The van der Waals surface area contributed by atoms with E-state index in [0.29, 0.717) is 6.54 Å². The van der Waals surface area contributed by atoms with Gasteiger partial charge in [0.25, 0.3) is 0 Å². The summed E-state index contributed by atoms with van der Waals surface area (Å²) in [5, 5.41) is 6.17. The Kier molecular flexibility index (Phi) is 6.10. The largest absolute Gasteiger partial charge is 0.351 e. The van der Waals surface area contributed by atoms with Gasteiger partial charge in [0.2, 0.25) is 5.91 Å². The van der Waals surface area contributed by atoms with Crippen LogP contribution < -0.4 is 10.6 Å². The molecule has 1 heterocycles. The molecular formula is C20H22N2OS. The first-order valence-corrected chi connectivity index (χ1v) is 9.14. The molecule has 1 aliphatic rings. The van der Waals surface area contributed by atoms with Crippen molar-refractivity contribution in [2.24, 2.45) is 0 Å². The van der Waals surface area contributed by atoms with Crippen LogP contribution in [0.1, 0.15) is 17.2 Å². The molecule has 0 radical (unpaired) electrons. The van der Waals surface area contributed by atoms with Crippen molar-refractivity contribution in [1.29, 1.82) is 0 Å². The SMILES string of the molecule is O=C(NCC1=CCNCC1)C(Sc1ccccc1)c1ccccc1. The monoisotopic (exact) mass is 338 g/mol. The Bertz CT molecular complexity index is 685. The van der Waals surface area contributed by atoms with Crippen LogP contribution in [0.3, 0.4) is 0 Å². The second kappa shape index (κ2) is 8.71. The summed E-state index contributed by atoms with van der Waals surface area (Å²) < 4.78 is 0. The van der Waals surface area contributed by atoms with Gasteiger partial charge in [0, 0.05) is 18.0 Å². The number of hydrogen-bond acceptors (Lipinski definition) is 3. The Morgan fingerprint density at radius 2 is 1.79 bits per heavy atom. The first kappa shape index (κ1) is 16.8. The summed E-state index contributed by atoms with van der Waals surface area (Å²) in [5.41, 5.74) is 2.33. The van der Waals surface area contributed by atoms with Crippen molar-refractivity contribution in [3.63, 3.8) is 0 Å².